The maximum absolute atomic E-state index is 6.69. The average Bonchev–Trinajstić information content (AvgIpc) is 3.80. The number of benzene rings is 8. The summed E-state index contributed by atoms with van der Waals surface area (Å²) in [6, 6.07) is 65.5. The van der Waals surface area contributed by atoms with Crippen molar-refractivity contribution < 1.29 is 9.15 Å². The first kappa shape index (κ1) is 31.7. The molecular formula is C52H31N3O2. The highest BCUT2D eigenvalue weighted by Gasteiger charge is 2.52. The summed E-state index contributed by atoms with van der Waals surface area (Å²) in [5.74, 6) is 3.57. The van der Waals surface area contributed by atoms with Crippen LogP contribution in [0.4, 0.5) is 0 Å². The topological polar surface area (TPSA) is 61.0 Å². The van der Waals surface area contributed by atoms with E-state index in [1.165, 1.54) is 5.56 Å². The van der Waals surface area contributed by atoms with Gasteiger partial charge in [0.05, 0.1) is 5.41 Å². The molecule has 57 heavy (non-hydrogen) atoms. The summed E-state index contributed by atoms with van der Waals surface area (Å²) in [7, 11) is 0. The third-order valence-electron chi connectivity index (χ3n) is 11.6. The maximum Gasteiger partial charge on any atom is 0.164 e. The third kappa shape index (κ3) is 4.66. The molecule has 2 aromatic heterocycles. The van der Waals surface area contributed by atoms with E-state index in [2.05, 4.69) is 140 Å². The molecule has 12 rings (SSSR count). The van der Waals surface area contributed by atoms with Crippen LogP contribution in [0.15, 0.2) is 192 Å². The Kier molecular flexibility index (Phi) is 6.78. The molecule has 0 bridgehead atoms. The number of ether oxygens (including phenoxy) is 1. The largest absolute Gasteiger partial charge is 0.457 e. The Balaban J connectivity index is 1.16. The van der Waals surface area contributed by atoms with Crippen molar-refractivity contribution in [3.05, 3.63) is 210 Å². The van der Waals surface area contributed by atoms with Gasteiger partial charge in [0.2, 0.25) is 0 Å². The fourth-order valence-corrected chi connectivity index (χ4v) is 9.15. The van der Waals surface area contributed by atoms with E-state index in [0.29, 0.717) is 17.5 Å². The van der Waals surface area contributed by atoms with Gasteiger partial charge in [0, 0.05) is 38.6 Å². The van der Waals surface area contributed by atoms with Crippen LogP contribution in [-0.4, -0.2) is 15.0 Å². The van der Waals surface area contributed by atoms with Crippen molar-refractivity contribution in [2.75, 3.05) is 0 Å². The molecule has 0 atom stereocenters. The smallest absolute Gasteiger partial charge is 0.164 e. The fourth-order valence-electron chi connectivity index (χ4n) is 9.15. The molecule has 10 aromatic rings. The molecule has 0 unspecified atom stereocenters. The number of hydrogen-bond donors (Lipinski definition) is 0. The van der Waals surface area contributed by atoms with E-state index >= 15 is 0 Å². The first-order valence-electron chi connectivity index (χ1n) is 19.2. The second kappa shape index (κ2) is 12.2. The molecule has 1 aliphatic heterocycles. The highest BCUT2D eigenvalue weighted by molar-refractivity contribution is 6.06. The zero-order valence-electron chi connectivity index (χ0n) is 30.6. The lowest BCUT2D eigenvalue weighted by Gasteiger charge is -2.39. The molecule has 0 N–H and O–H groups in total. The summed E-state index contributed by atoms with van der Waals surface area (Å²) in [5.41, 5.74) is 12.9. The predicted octanol–water partition coefficient (Wildman–Crippen LogP) is 12.9. The summed E-state index contributed by atoms with van der Waals surface area (Å²) in [6.45, 7) is 0. The molecular weight excluding hydrogens is 699 g/mol. The Morgan fingerprint density at radius 1 is 0.351 bits per heavy atom. The molecule has 1 spiro atoms. The molecule has 5 heteroatoms. The fraction of sp³-hybridized carbons (Fsp3) is 0.0192. The van der Waals surface area contributed by atoms with E-state index in [4.69, 9.17) is 24.1 Å². The van der Waals surface area contributed by atoms with E-state index in [0.717, 1.165) is 89.1 Å². The Morgan fingerprint density at radius 3 is 1.63 bits per heavy atom. The monoisotopic (exact) mass is 729 g/mol. The van der Waals surface area contributed by atoms with Crippen LogP contribution in [0.25, 0.3) is 78.4 Å². The molecule has 8 aromatic carbocycles. The Hall–Kier alpha value is -7.63. The highest BCUT2D eigenvalue weighted by Crippen LogP contribution is 2.63. The Morgan fingerprint density at radius 2 is 0.912 bits per heavy atom. The van der Waals surface area contributed by atoms with E-state index < -0.39 is 5.41 Å². The molecule has 3 heterocycles. The normalized spacial score (nSPS) is 13.2. The van der Waals surface area contributed by atoms with Crippen molar-refractivity contribution >= 4 is 21.9 Å². The summed E-state index contributed by atoms with van der Waals surface area (Å²) in [4.78, 5) is 15.5. The van der Waals surface area contributed by atoms with Gasteiger partial charge in [-0.1, -0.05) is 152 Å². The Labute approximate surface area is 328 Å². The highest BCUT2D eigenvalue weighted by atomic mass is 16.5. The van der Waals surface area contributed by atoms with Gasteiger partial charge in [0.15, 0.2) is 17.5 Å². The lowest BCUT2D eigenvalue weighted by molar-refractivity contribution is 0.436. The number of nitrogens with zero attached hydrogens (tertiary/aromatic N) is 3. The van der Waals surface area contributed by atoms with Crippen molar-refractivity contribution in [2.45, 2.75) is 5.41 Å². The molecule has 0 fully saturated rings. The molecule has 2 aliphatic rings. The first-order chi connectivity index (χ1) is 28.2. The van der Waals surface area contributed by atoms with Gasteiger partial charge in [-0.05, 0) is 69.8 Å². The molecule has 0 saturated carbocycles. The predicted molar refractivity (Wildman–Crippen MR) is 226 cm³/mol. The molecule has 0 amide bonds. The van der Waals surface area contributed by atoms with Crippen LogP contribution in [0.3, 0.4) is 0 Å². The van der Waals surface area contributed by atoms with Gasteiger partial charge in [-0.3, -0.25) is 0 Å². The minimum atomic E-state index is -0.688. The minimum absolute atomic E-state index is 0.623. The van der Waals surface area contributed by atoms with Crippen molar-refractivity contribution in [3.8, 4) is 67.9 Å². The summed E-state index contributed by atoms with van der Waals surface area (Å²) < 4.78 is 12.9. The third-order valence-corrected chi connectivity index (χ3v) is 11.6. The number of furan rings is 1. The van der Waals surface area contributed by atoms with Gasteiger partial charge in [0.25, 0.3) is 0 Å². The SMILES string of the molecule is c1ccc(-c2nc(-c3ccccc3)nc(-c3cccc4c3-c3ccc(-c5ccc6oc7ccccc7c6c5)cc3C43c4ccccc4Oc4ccccc43)n2)cc1. The van der Waals surface area contributed by atoms with Crippen LogP contribution in [0, 0.1) is 0 Å². The van der Waals surface area contributed by atoms with E-state index in [9.17, 15) is 0 Å². The van der Waals surface area contributed by atoms with Crippen LogP contribution in [0.2, 0.25) is 0 Å². The van der Waals surface area contributed by atoms with Crippen molar-refractivity contribution in [3.63, 3.8) is 0 Å². The van der Waals surface area contributed by atoms with Gasteiger partial charge in [-0.15, -0.1) is 0 Å². The number of hydrogen-bond acceptors (Lipinski definition) is 5. The molecule has 0 saturated heterocycles. The summed E-state index contributed by atoms with van der Waals surface area (Å²) in [5, 5.41) is 2.21. The van der Waals surface area contributed by atoms with E-state index in [1.807, 2.05) is 48.5 Å². The average molecular weight is 730 g/mol. The van der Waals surface area contributed by atoms with Gasteiger partial charge >= 0.3 is 0 Å². The zero-order chi connectivity index (χ0) is 37.5. The number of fused-ring (bicyclic) bond motifs is 12. The summed E-state index contributed by atoms with van der Waals surface area (Å²) in [6.07, 6.45) is 0. The van der Waals surface area contributed by atoms with Gasteiger partial charge < -0.3 is 9.15 Å². The zero-order valence-corrected chi connectivity index (χ0v) is 30.6. The van der Waals surface area contributed by atoms with Crippen molar-refractivity contribution in [2.24, 2.45) is 0 Å². The van der Waals surface area contributed by atoms with Crippen LogP contribution in [0.1, 0.15) is 22.3 Å². The van der Waals surface area contributed by atoms with E-state index in [1.54, 1.807) is 0 Å². The number of rotatable bonds is 4. The second-order valence-electron chi connectivity index (χ2n) is 14.7. The lowest BCUT2D eigenvalue weighted by atomic mass is 9.66. The van der Waals surface area contributed by atoms with Gasteiger partial charge in [-0.2, -0.15) is 0 Å². The minimum Gasteiger partial charge on any atom is -0.457 e. The van der Waals surface area contributed by atoms with Crippen LogP contribution in [-0.2, 0) is 5.41 Å². The molecule has 0 radical (unpaired) electrons. The van der Waals surface area contributed by atoms with Crippen LogP contribution in [0.5, 0.6) is 11.5 Å². The van der Waals surface area contributed by atoms with E-state index in [-0.39, 0.29) is 0 Å². The second-order valence-corrected chi connectivity index (χ2v) is 14.7. The van der Waals surface area contributed by atoms with Gasteiger partial charge in [0.1, 0.15) is 22.7 Å². The quantitative estimate of drug-likeness (QED) is 0.180. The van der Waals surface area contributed by atoms with Crippen molar-refractivity contribution in [1.82, 2.24) is 15.0 Å². The van der Waals surface area contributed by atoms with Crippen LogP contribution >= 0.6 is 0 Å². The standard InChI is InChI=1S/C52H31N3O2/c1-3-14-32(15-4-1)49-53-50(33-16-5-2-6-17-33)55-51(54-49)38-19-13-22-42-48(38)37-28-26-35(34-27-29-45-39(30-34)36-18-7-10-23-44(36)56-45)31-43(37)52(42)40-20-8-11-24-46(40)57-47-25-12-9-21-41(47)52/h1-31H. The number of aromatic nitrogens is 3. The lowest BCUT2D eigenvalue weighted by Crippen LogP contribution is -2.32. The van der Waals surface area contributed by atoms with Crippen molar-refractivity contribution in [1.29, 1.82) is 0 Å². The molecule has 1 aliphatic carbocycles. The molecule has 5 nitrogen and oxygen atoms in total. The van der Waals surface area contributed by atoms with Crippen LogP contribution < -0.4 is 4.74 Å². The Bertz CT molecular complexity index is 3120. The molecule has 266 valence electrons. The maximum atomic E-state index is 6.69. The summed E-state index contributed by atoms with van der Waals surface area (Å²) >= 11 is 0. The van der Waals surface area contributed by atoms with Gasteiger partial charge in [-0.25, -0.2) is 15.0 Å². The first-order valence-corrected chi connectivity index (χ1v) is 19.2. The number of para-hydroxylation sites is 3.